The predicted octanol–water partition coefficient (Wildman–Crippen LogP) is 7.05. The summed E-state index contributed by atoms with van der Waals surface area (Å²) in [7, 11) is -2.70. The fourth-order valence-electron chi connectivity index (χ4n) is 4.95. The first-order valence-corrected chi connectivity index (χ1v) is 16.7. The Hall–Kier alpha value is -4.23. The SMILES string of the molecule is O=C(Nc1nc(-c2ccc(CN[SH](=O)=O)cc2)c(Cl)s1)N(CCc1ccccn1)CCC(c1ccc(F)cc1)c1ccc(F)cc1. The minimum atomic E-state index is -2.70. The highest BCUT2D eigenvalue weighted by molar-refractivity contribution is 7.70. The van der Waals surface area contributed by atoms with Crippen molar-refractivity contribution in [2.75, 3.05) is 18.4 Å². The van der Waals surface area contributed by atoms with E-state index in [1.165, 1.54) is 24.3 Å². The predicted molar refractivity (Wildman–Crippen MR) is 178 cm³/mol. The first-order chi connectivity index (χ1) is 22.2. The molecule has 0 aliphatic heterocycles. The standard InChI is InChI=1S/C33H30ClF2N5O3S2/c34-31-30(25-6-4-22(5-7-25)21-38-46(43)44)39-32(45-31)40-33(42)41(19-16-28-3-1-2-18-37-28)20-17-29(23-8-12-26(35)13-9-23)24-10-14-27(36)15-11-24/h1-15,18,29,46H,16-17,19-21H2,(H,38,43,44)(H,39,40,42). The Morgan fingerprint density at radius 3 is 2.13 bits per heavy atom. The van der Waals surface area contributed by atoms with Crippen LogP contribution in [0.5, 0.6) is 0 Å². The number of pyridine rings is 1. The molecule has 2 amide bonds. The largest absolute Gasteiger partial charge is 0.324 e. The minimum absolute atomic E-state index is 0.169. The Morgan fingerprint density at radius 1 is 0.891 bits per heavy atom. The molecule has 8 nitrogen and oxygen atoms in total. The van der Waals surface area contributed by atoms with E-state index in [0.29, 0.717) is 46.7 Å². The zero-order chi connectivity index (χ0) is 32.5. The normalized spacial score (nSPS) is 11.2. The number of nitrogens with one attached hydrogen (secondary N) is 2. The number of carbonyl (C=O) groups excluding carboxylic acids is 1. The van der Waals surface area contributed by atoms with Gasteiger partial charge in [0, 0.05) is 49.4 Å². The van der Waals surface area contributed by atoms with Gasteiger partial charge in [-0.15, -0.1) is 0 Å². The Kier molecular flexibility index (Phi) is 11.4. The van der Waals surface area contributed by atoms with E-state index in [-0.39, 0.29) is 30.1 Å². The topological polar surface area (TPSA) is 104 Å². The second-order valence-corrected chi connectivity index (χ2v) is 12.8. The number of anilines is 1. The van der Waals surface area contributed by atoms with Gasteiger partial charge in [-0.2, -0.15) is 0 Å². The van der Waals surface area contributed by atoms with Crippen molar-refractivity contribution in [2.24, 2.45) is 0 Å². The summed E-state index contributed by atoms with van der Waals surface area (Å²) in [5.74, 6) is -0.936. The highest BCUT2D eigenvalue weighted by Gasteiger charge is 2.22. The molecular formula is C33H30ClF2N5O3S2. The smallest absolute Gasteiger partial charge is 0.323 e. The number of thiazole rings is 1. The molecule has 5 aromatic rings. The van der Waals surface area contributed by atoms with Gasteiger partial charge in [0.1, 0.15) is 21.7 Å². The van der Waals surface area contributed by atoms with Crippen LogP contribution in [0.3, 0.4) is 0 Å². The molecule has 0 unspecified atom stereocenters. The summed E-state index contributed by atoms with van der Waals surface area (Å²) in [5, 5.41) is 3.20. The molecule has 0 atom stereocenters. The third-order valence-corrected chi connectivity index (χ3v) is 8.91. The minimum Gasteiger partial charge on any atom is -0.324 e. The molecule has 0 radical (unpaired) electrons. The molecule has 0 aliphatic rings. The molecule has 238 valence electrons. The third-order valence-electron chi connectivity index (χ3n) is 7.32. The van der Waals surface area contributed by atoms with Crippen molar-refractivity contribution in [3.8, 4) is 11.3 Å². The number of urea groups is 1. The fourth-order valence-corrected chi connectivity index (χ4v) is 6.34. The molecule has 0 saturated heterocycles. The maximum atomic E-state index is 13.8. The number of thiol groups is 1. The van der Waals surface area contributed by atoms with Gasteiger partial charge in [0.25, 0.3) is 0 Å². The van der Waals surface area contributed by atoms with Crippen molar-refractivity contribution < 1.29 is 22.0 Å². The zero-order valence-corrected chi connectivity index (χ0v) is 26.9. The number of rotatable bonds is 13. The van der Waals surface area contributed by atoms with Crippen molar-refractivity contribution in [1.82, 2.24) is 19.6 Å². The van der Waals surface area contributed by atoms with Gasteiger partial charge in [0.2, 0.25) is 10.9 Å². The lowest BCUT2D eigenvalue weighted by molar-refractivity contribution is 0.210. The van der Waals surface area contributed by atoms with E-state index >= 15 is 0 Å². The molecule has 2 heterocycles. The van der Waals surface area contributed by atoms with E-state index in [2.05, 4.69) is 20.0 Å². The molecule has 0 aliphatic carbocycles. The highest BCUT2D eigenvalue weighted by Crippen LogP contribution is 2.35. The van der Waals surface area contributed by atoms with Gasteiger partial charge in [-0.05, 0) is 59.5 Å². The lowest BCUT2D eigenvalue weighted by Crippen LogP contribution is -2.38. The lowest BCUT2D eigenvalue weighted by Gasteiger charge is -2.26. The Morgan fingerprint density at radius 2 is 1.54 bits per heavy atom. The summed E-state index contributed by atoms with van der Waals surface area (Å²) in [6.07, 6.45) is 2.70. The number of hydrogen-bond donors (Lipinski definition) is 3. The molecule has 13 heteroatoms. The van der Waals surface area contributed by atoms with Crippen LogP contribution in [-0.4, -0.2) is 42.4 Å². The summed E-state index contributed by atoms with van der Waals surface area (Å²) in [4.78, 5) is 24.3. The maximum absolute atomic E-state index is 13.8. The average Bonchev–Trinajstić information content (AvgIpc) is 3.43. The maximum Gasteiger partial charge on any atom is 0.323 e. The van der Waals surface area contributed by atoms with Gasteiger partial charge in [-0.3, -0.25) is 10.3 Å². The van der Waals surface area contributed by atoms with Gasteiger partial charge >= 0.3 is 6.03 Å². The van der Waals surface area contributed by atoms with E-state index in [1.807, 2.05) is 18.2 Å². The Balaban J connectivity index is 1.34. The van der Waals surface area contributed by atoms with Gasteiger partial charge < -0.3 is 4.90 Å². The van der Waals surface area contributed by atoms with Crippen LogP contribution in [0.15, 0.2) is 97.2 Å². The van der Waals surface area contributed by atoms with Gasteiger partial charge in [0.15, 0.2) is 5.13 Å². The van der Waals surface area contributed by atoms with Crippen LogP contribution >= 0.6 is 22.9 Å². The summed E-state index contributed by atoms with van der Waals surface area (Å²) >= 11 is 7.65. The summed E-state index contributed by atoms with van der Waals surface area (Å²) in [6, 6.07) is 24.7. The molecule has 0 bridgehead atoms. The van der Waals surface area contributed by atoms with Gasteiger partial charge in [-0.25, -0.2) is 31.7 Å². The molecule has 2 aromatic heterocycles. The van der Waals surface area contributed by atoms with Crippen LogP contribution in [0.2, 0.25) is 4.34 Å². The van der Waals surface area contributed by atoms with Crippen molar-refractivity contribution in [1.29, 1.82) is 0 Å². The van der Waals surface area contributed by atoms with E-state index in [0.717, 1.165) is 33.7 Å². The molecule has 0 fully saturated rings. The number of benzene rings is 3. The van der Waals surface area contributed by atoms with Crippen molar-refractivity contribution in [3.63, 3.8) is 0 Å². The Bertz CT molecular complexity index is 1770. The van der Waals surface area contributed by atoms with Crippen LogP contribution in [0.1, 0.15) is 34.7 Å². The van der Waals surface area contributed by atoms with Crippen LogP contribution in [-0.2, 0) is 23.9 Å². The molecule has 5 rings (SSSR count). The monoisotopic (exact) mass is 681 g/mol. The van der Waals surface area contributed by atoms with Crippen molar-refractivity contribution >= 4 is 45.0 Å². The number of halogens is 3. The quantitative estimate of drug-likeness (QED) is 0.116. The highest BCUT2D eigenvalue weighted by atomic mass is 35.5. The molecule has 0 saturated carbocycles. The van der Waals surface area contributed by atoms with Crippen molar-refractivity contribution in [3.05, 3.63) is 136 Å². The molecule has 3 aromatic carbocycles. The van der Waals surface area contributed by atoms with E-state index < -0.39 is 10.9 Å². The second-order valence-electron chi connectivity index (χ2n) is 10.4. The van der Waals surface area contributed by atoms with E-state index in [4.69, 9.17) is 11.6 Å². The number of nitrogens with zero attached hydrogens (tertiary/aromatic N) is 3. The first-order valence-electron chi connectivity index (χ1n) is 14.4. The number of aromatic nitrogens is 2. The van der Waals surface area contributed by atoms with Crippen LogP contribution in [0, 0.1) is 11.6 Å². The zero-order valence-electron chi connectivity index (χ0n) is 24.4. The second kappa shape index (κ2) is 15.9. The number of hydrogen-bond acceptors (Lipinski definition) is 6. The molecular weight excluding hydrogens is 652 g/mol. The summed E-state index contributed by atoms with van der Waals surface area (Å²) in [6.45, 7) is 0.857. The molecule has 46 heavy (non-hydrogen) atoms. The summed E-state index contributed by atoms with van der Waals surface area (Å²) < 4.78 is 51.9. The van der Waals surface area contributed by atoms with Crippen LogP contribution in [0.4, 0.5) is 18.7 Å². The van der Waals surface area contributed by atoms with Gasteiger partial charge in [-0.1, -0.05) is 77.5 Å². The van der Waals surface area contributed by atoms with Crippen molar-refractivity contribution in [2.45, 2.75) is 25.3 Å². The number of carbonyl (C=O) groups is 1. The fraction of sp³-hybridized carbons (Fsp3) is 0.182. The third kappa shape index (κ3) is 9.16. The molecule has 2 N–H and O–H groups in total. The van der Waals surface area contributed by atoms with Gasteiger partial charge in [0.05, 0.1) is 0 Å². The van der Waals surface area contributed by atoms with Crippen LogP contribution in [0.25, 0.3) is 11.3 Å². The first kappa shape index (κ1) is 33.1. The average molecular weight is 682 g/mol. The van der Waals surface area contributed by atoms with E-state index in [1.54, 1.807) is 59.6 Å². The summed E-state index contributed by atoms with van der Waals surface area (Å²) in [5.41, 5.74) is 4.49. The molecule has 0 spiro atoms. The Labute approximate surface area is 276 Å². The number of amides is 2. The van der Waals surface area contributed by atoms with Crippen LogP contribution < -0.4 is 10.0 Å². The lowest BCUT2D eigenvalue weighted by atomic mass is 9.88. The van der Waals surface area contributed by atoms with E-state index in [9.17, 15) is 22.0 Å².